The number of thiophene rings is 1. The van der Waals surface area contributed by atoms with Crippen molar-refractivity contribution in [2.45, 2.75) is 26.3 Å². The highest BCUT2D eigenvalue weighted by Crippen LogP contribution is 2.39. The van der Waals surface area contributed by atoms with Crippen LogP contribution in [0.25, 0.3) is 11.3 Å². The number of rotatable bonds is 2. The van der Waals surface area contributed by atoms with Crippen LogP contribution in [0.15, 0.2) is 28.5 Å². The first-order valence-electron chi connectivity index (χ1n) is 6.55. The zero-order valence-corrected chi connectivity index (χ0v) is 12.1. The zero-order valence-electron chi connectivity index (χ0n) is 11.3. The fourth-order valence-corrected chi connectivity index (χ4v) is 3.71. The Labute approximate surface area is 120 Å². The minimum absolute atomic E-state index is 0.155. The van der Waals surface area contributed by atoms with Gasteiger partial charge in [-0.3, -0.25) is 4.79 Å². The highest BCUT2D eigenvalue weighted by Gasteiger charge is 2.28. The summed E-state index contributed by atoms with van der Waals surface area (Å²) in [6.45, 7) is 4.23. The van der Waals surface area contributed by atoms with E-state index in [1.54, 1.807) is 11.3 Å². The van der Waals surface area contributed by atoms with Gasteiger partial charge in [-0.05, 0) is 17.4 Å². The summed E-state index contributed by atoms with van der Waals surface area (Å²) in [6, 6.07) is 3.65. The quantitative estimate of drug-likeness (QED) is 0.924. The molecule has 0 spiro atoms. The molecule has 0 amide bonds. The number of hydrogen-bond donors (Lipinski definition) is 1. The van der Waals surface area contributed by atoms with E-state index < -0.39 is 11.4 Å². The predicted molar refractivity (Wildman–Crippen MR) is 78.6 cm³/mol. The Balaban J connectivity index is 2.29. The van der Waals surface area contributed by atoms with Crippen molar-refractivity contribution in [1.82, 2.24) is 4.57 Å². The highest BCUT2D eigenvalue weighted by atomic mass is 32.1. The summed E-state index contributed by atoms with van der Waals surface area (Å²) in [5, 5.41) is 11.2. The van der Waals surface area contributed by atoms with Gasteiger partial charge in [0.15, 0.2) is 5.43 Å². The lowest BCUT2D eigenvalue weighted by Gasteiger charge is -2.31. The molecule has 4 nitrogen and oxygen atoms in total. The first kappa shape index (κ1) is 13.1. The van der Waals surface area contributed by atoms with Crippen molar-refractivity contribution in [2.75, 3.05) is 0 Å². The maximum atomic E-state index is 12.0. The molecule has 3 heterocycles. The third-order valence-corrected chi connectivity index (χ3v) is 4.80. The average Bonchev–Trinajstić information content (AvgIpc) is 2.84. The molecule has 1 aliphatic rings. The number of nitrogens with zero attached hydrogens (tertiary/aromatic N) is 1. The molecule has 1 aliphatic heterocycles. The van der Waals surface area contributed by atoms with Crippen molar-refractivity contribution in [3.8, 4) is 11.3 Å². The summed E-state index contributed by atoms with van der Waals surface area (Å²) < 4.78 is 1.96. The Morgan fingerprint density at radius 3 is 2.90 bits per heavy atom. The first-order chi connectivity index (χ1) is 9.49. The summed E-state index contributed by atoms with van der Waals surface area (Å²) in [4.78, 5) is 24.4. The van der Waals surface area contributed by atoms with Gasteiger partial charge in [0.05, 0.1) is 5.69 Å². The molecule has 1 unspecified atom stereocenters. The number of carboxylic acid groups (broad SMARTS) is 1. The Morgan fingerprint density at radius 1 is 1.50 bits per heavy atom. The third-order valence-electron chi connectivity index (χ3n) is 3.85. The Bertz CT molecular complexity index is 742. The summed E-state index contributed by atoms with van der Waals surface area (Å²) in [7, 11) is 0. The highest BCUT2D eigenvalue weighted by molar-refractivity contribution is 7.10. The van der Waals surface area contributed by atoms with Crippen molar-refractivity contribution in [3.05, 3.63) is 44.4 Å². The third kappa shape index (κ3) is 1.89. The zero-order chi connectivity index (χ0) is 14.4. The second kappa shape index (κ2) is 4.59. The standard InChI is InChI=1S/C15H15NO3S/c1-8(2)11-6-14-9(3-4-20-14)12-5-13(17)10(15(18)19)7-16(11)12/h3-5,7-8,11H,6H2,1-2H3,(H,18,19). The molecule has 2 aromatic heterocycles. The molecule has 0 saturated carbocycles. The van der Waals surface area contributed by atoms with Crippen LogP contribution in [0.3, 0.4) is 0 Å². The minimum Gasteiger partial charge on any atom is -0.477 e. The topological polar surface area (TPSA) is 59.3 Å². The summed E-state index contributed by atoms with van der Waals surface area (Å²) in [6.07, 6.45) is 2.39. The molecule has 20 heavy (non-hydrogen) atoms. The SMILES string of the molecule is CC(C)C1Cc2sccc2-c2cc(=O)c(C(=O)O)cn21. The van der Waals surface area contributed by atoms with Gasteiger partial charge in [0.2, 0.25) is 0 Å². The minimum atomic E-state index is -1.16. The lowest BCUT2D eigenvalue weighted by Crippen LogP contribution is -2.27. The fraction of sp³-hybridized carbons (Fsp3) is 0.333. The van der Waals surface area contributed by atoms with Gasteiger partial charge >= 0.3 is 5.97 Å². The van der Waals surface area contributed by atoms with Gasteiger partial charge in [-0.25, -0.2) is 4.79 Å². The molecule has 5 heteroatoms. The number of fused-ring (bicyclic) bond motifs is 3. The average molecular weight is 289 g/mol. The predicted octanol–water partition coefficient (Wildman–Crippen LogP) is 3.03. The smallest absolute Gasteiger partial charge is 0.341 e. The van der Waals surface area contributed by atoms with Crippen LogP contribution >= 0.6 is 11.3 Å². The van der Waals surface area contributed by atoms with Crippen LogP contribution in [0.2, 0.25) is 0 Å². The molecule has 0 bridgehead atoms. The van der Waals surface area contributed by atoms with E-state index in [1.807, 2.05) is 16.0 Å². The van der Waals surface area contributed by atoms with E-state index in [1.165, 1.54) is 17.1 Å². The van der Waals surface area contributed by atoms with Crippen molar-refractivity contribution in [2.24, 2.45) is 5.92 Å². The number of pyridine rings is 1. The van der Waals surface area contributed by atoms with Crippen molar-refractivity contribution in [3.63, 3.8) is 0 Å². The summed E-state index contributed by atoms with van der Waals surface area (Å²) >= 11 is 1.69. The Hall–Kier alpha value is -1.88. The number of aromatic carboxylic acids is 1. The number of carboxylic acids is 1. The van der Waals surface area contributed by atoms with E-state index >= 15 is 0 Å². The molecule has 1 atom stereocenters. The number of aromatic nitrogens is 1. The van der Waals surface area contributed by atoms with E-state index in [4.69, 9.17) is 5.11 Å². The maximum Gasteiger partial charge on any atom is 0.341 e. The summed E-state index contributed by atoms with van der Waals surface area (Å²) in [5.41, 5.74) is 1.31. The Kier molecular flexibility index (Phi) is 3.01. The van der Waals surface area contributed by atoms with E-state index in [0.29, 0.717) is 5.92 Å². The normalized spacial score (nSPS) is 16.9. The van der Waals surface area contributed by atoms with E-state index in [-0.39, 0.29) is 11.6 Å². The van der Waals surface area contributed by atoms with Gasteiger partial charge in [-0.15, -0.1) is 11.3 Å². The molecule has 3 rings (SSSR count). The van der Waals surface area contributed by atoms with Crippen LogP contribution in [0.1, 0.15) is 35.1 Å². The van der Waals surface area contributed by atoms with Crippen LogP contribution in [0.4, 0.5) is 0 Å². The van der Waals surface area contributed by atoms with Crippen LogP contribution in [0, 0.1) is 5.92 Å². The van der Waals surface area contributed by atoms with Crippen molar-refractivity contribution in [1.29, 1.82) is 0 Å². The second-order valence-corrected chi connectivity index (χ2v) is 6.42. The molecule has 0 fully saturated rings. The van der Waals surface area contributed by atoms with Gasteiger partial charge in [-0.1, -0.05) is 13.8 Å². The van der Waals surface area contributed by atoms with Crippen LogP contribution in [-0.2, 0) is 6.42 Å². The van der Waals surface area contributed by atoms with Gasteiger partial charge in [0, 0.05) is 35.2 Å². The molecular formula is C15H15NO3S. The molecule has 2 aromatic rings. The second-order valence-electron chi connectivity index (χ2n) is 5.42. The fourth-order valence-electron chi connectivity index (χ4n) is 2.77. The van der Waals surface area contributed by atoms with Gasteiger partial charge < -0.3 is 9.67 Å². The molecule has 104 valence electrons. The van der Waals surface area contributed by atoms with Crippen LogP contribution in [0.5, 0.6) is 0 Å². The van der Waals surface area contributed by atoms with E-state index in [9.17, 15) is 9.59 Å². The van der Waals surface area contributed by atoms with Gasteiger partial charge in [-0.2, -0.15) is 0 Å². The lowest BCUT2D eigenvalue weighted by atomic mass is 9.92. The van der Waals surface area contributed by atoms with E-state index in [2.05, 4.69) is 13.8 Å². The number of hydrogen-bond acceptors (Lipinski definition) is 3. The van der Waals surface area contributed by atoms with Crippen molar-refractivity contribution < 1.29 is 9.90 Å². The molecular weight excluding hydrogens is 274 g/mol. The first-order valence-corrected chi connectivity index (χ1v) is 7.43. The largest absolute Gasteiger partial charge is 0.477 e. The monoisotopic (exact) mass is 289 g/mol. The molecule has 0 aromatic carbocycles. The maximum absolute atomic E-state index is 12.0. The molecule has 0 radical (unpaired) electrons. The lowest BCUT2D eigenvalue weighted by molar-refractivity contribution is 0.0694. The Morgan fingerprint density at radius 2 is 2.25 bits per heavy atom. The molecule has 0 saturated heterocycles. The molecule has 1 N–H and O–H groups in total. The van der Waals surface area contributed by atoms with Crippen molar-refractivity contribution >= 4 is 17.3 Å². The van der Waals surface area contributed by atoms with E-state index in [0.717, 1.165) is 17.7 Å². The van der Waals surface area contributed by atoms with Gasteiger partial charge in [0.25, 0.3) is 0 Å². The van der Waals surface area contributed by atoms with Crippen LogP contribution < -0.4 is 5.43 Å². The summed E-state index contributed by atoms with van der Waals surface area (Å²) in [5.74, 6) is -0.794. The van der Waals surface area contributed by atoms with Crippen LogP contribution in [-0.4, -0.2) is 15.6 Å². The van der Waals surface area contributed by atoms with Gasteiger partial charge in [0.1, 0.15) is 5.56 Å². The molecule has 0 aliphatic carbocycles. The number of carbonyl (C=O) groups is 1.